The highest BCUT2D eigenvalue weighted by atomic mass is 14.9. The van der Waals surface area contributed by atoms with Gasteiger partial charge in [0.2, 0.25) is 0 Å². The van der Waals surface area contributed by atoms with E-state index in [9.17, 15) is 0 Å². The Bertz CT molecular complexity index is 285. The van der Waals surface area contributed by atoms with Gasteiger partial charge in [-0.15, -0.1) is 0 Å². The third-order valence-electron chi connectivity index (χ3n) is 3.52. The van der Waals surface area contributed by atoms with Crippen molar-refractivity contribution >= 4 is 0 Å². The monoisotopic (exact) mass is 204 g/mol. The van der Waals surface area contributed by atoms with Crippen LogP contribution in [0, 0.1) is 5.41 Å². The predicted molar refractivity (Wildman–Crippen MR) is 63.5 cm³/mol. The van der Waals surface area contributed by atoms with Crippen molar-refractivity contribution in [2.24, 2.45) is 11.1 Å². The quantitative estimate of drug-likeness (QED) is 0.769. The van der Waals surface area contributed by atoms with Gasteiger partial charge in [-0.25, -0.2) is 0 Å². The van der Waals surface area contributed by atoms with Gasteiger partial charge in [-0.1, -0.05) is 36.8 Å². The molecule has 0 amide bonds. The summed E-state index contributed by atoms with van der Waals surface area (Å²) in [6.07, 6.45) is 3.95. The molecular weight excluding hydrogens is 184 g/mol. The summed E-state index contributed by atoms with van der Waals surface area (Å²) in [4.78, 5) is 0. The summed E-state index contributed by atoms with van der Waals surface area (Å²) in [5, 5.41) is 3.52. The molecule has 0 aliphatic heterocycles. The second-order valence-corrected chi connectivity index (χ2v) is 4.65. The average Bonchev–Trinajstić information content (AvgIpc) is 2.24. The first-order chi connectivity index (χ1) is 7.35. The first-order valence-corrected chi connectivity index (χ1v) is 5.79. The van der Waals surface area contributed by atoms with Gasteiger partial charge in [0.15, 0.2) is 0 Å². The number of benzene rings is 1. The Labute approximate surface area is 91.9 Å². The van der Waals surface area contributed by atoms with Crippen LogP contribution in [0.2, 0.25) is 0 Å². The first-order valence-electron chi connectivity index (χ1n) is 5.79. The summed E-state index contributed by atoms with van der Waals surface area (Å²) in [6.45, 7) is 2.86. The Morgan fingerprint density at radius 2 is 1.93 bits per heavy atom. The van der Waals surface area contributed by atoms with Crippen molar-refractivity contribution in [1.82, 2.24) is 5.32 Å². The van der Waals surface area contributed by atoms with Gasteiger partial charge < -0.3 is 11.1 Å². The molecule has 0 spiro atoms. The fourth-order valence-corrected chi connectivity index (χ4v) is 2.20. The fourth-order valence-electron chi connectivity index (χ4n) is 2.20. The van der Waals surface area contributed by atoms with Crippen LogP contribution >= 0.6 is 0 Å². The molecule has 1 saturated carbocycles. The van der Waals surface area contributed by atoms with Gasteiger partial charge in [-0.3, -0.25) is 0 Å². The molecule has 1 aliphatic rings. The van der Waals surface area contributed by atoms with Crippen LogP contribution < -0.4 is 11.1 Å². The topological polar surface area (TPSA) is 38.0 Å². The lowest BCUT2D eigenvalue weighted by molar-refractivity contribution is 0.141. The Morgan fingerprint density at radius 3 is 2.47 bits per heavy atom. The average molecular weight is 204 g/mol. The molecule has 2 rings (SSSR count). The minimum atomic E-state index is 0.411. The number of nitrogens with one attached hydrogen (secondary N) is 1. The summed E-state index contributed by atoms with van der Waals surface area (Å²) in [5.41, 5.74) is 7.57. The molecule has 0 saturated heterocycles. The highest BCUT2D eigenvalue weighted by Crippen LogP contribution is 2.39. The molecule has 0 heterocycles. The van der Waals surface area contributed by atoms with Crippen LogP contribution in [0.3, 0.4) is 0 Å². The van der Waals surface area contributed by atoms with Crippen LogP contribution in [-0.4, -0.2) is 13.1 Å². The van der Waals surface area contributed by atoms with Gasteiger partial charge in [0, 0.05) is 13.1 Å². The van der Waals surface area contributed by atoms with Gasteiger partial charge >= 0.3 is 0 Å². The highest BCUT2D eigenvalue weighted by Gasteiger charge is 2.34. The number of rotatable bonds is 5. The highest BCUT2D eigenvalue weighted by molar-refractivity contribution is 5.14. The zero-order chi connectivity index (χ0) is 10.6. The summed E-state index contributed by atoms with van der Waals surface area (Å²) in [7, 11) is 0. The second kappa shape index (κ2) is 4.77. The summed E-state index contributed by atoms with van der Waals surface area (Å²) >= 11 is 0. The van der Waals surface area contributed by atoms with Crippen molar-refractivity contribution in [3.05, 3.63) is 35.9 Å². The third kappa shape index (κ3) is 2.58. The van der Waals surface area contributed by atoms with E-state index in [4.69, 9.17) is 5.73 Å². The molecule has 2 heteroatoms. The maximum Gasteiger partial charge on any atom is 0.0205 e. The molecule has 1 aliphatic carbocycles. The Kier molecular flexibility index (Phi) is 3.39. The van der Waals surface area contributed by atoms with E-state index < -0.39 is 0 Å². The molecule has 15 heavy (non-hydrogen) atoms. The minimum Gasteiger partial charge on any atom is -0.330 e. The molecule has 0 radical (unpaired) electrons. The van der Waals surface area contributed by atoms with Gasteiger partial charge in [0.25, 0.3) is 0 Å². The predicted octanol–water partition coefficient (Wildman–Crippen LogP) is 1.91. The number of hydrogen-bond donors (Lipinski definition) is 2. The molecule has 1 aromatic carbocycles. The lowest BCUT2D eigenvalue weighted by Gasteiger charge is -2.41. The van der Waals surface area contributed by atoms with E-state index in [1.54, 1.807) is 0 Å². The maximum absolute atomic E-state index is 5.81. The van der Waals surface area contributed by atoms with Crippen LogP contribution in [0.15, 0.2) is 30.3 Å². The van der Waals surface area contributed by atoms with Crippen LogP contribution in [0.25, 0.3) is 0 Å². The molecule has 0 aromatic heterocycles. The van der Waals surface area contributed by atoms with E-state index in [1.165, 1.54) is 24.8 Å². The standard InChI is InChI=1S/C13H20N2/c14-10-13(7-4-8-13)11-15-9-12-5-2-1-3-6-12/h1-3,5-6,15H,4,7-11,14H2. The van der Waals surface area contributed by atoms with E-state index in [0.717, 1.165) is 19.6 Å². The van der Waals surface area contributed by atoms with Crippen molar-refractivity contribution in [2.75, 3.05) is 13.1 Å². The van der Waals surface area contributed by atoms with Crippen molar-refractivity contribution < 1.29 is 0 Å². The molecule has 0 unspecified atom stereocenters. The first kappa shape index (κ1) is 10.7. The Morgan fingerprint density at radius 1 is 1.20 bits per heavy atom. The molecule has 2 nitrogen and oxygen atoms in total. The maximum atomic E-state index is 5.81. The van der Waals surface area contributed by atoms with Crippen LogP contribution in [0.5, 0.6) is 0 Å². The van der Waals surface area contributed by atoms with Gasteiger partial charge in [-0.2, -0.15) is 0 Å². The fraction of sp³-hybridized carbons (Fsp3) is 0.538. The van der Waals surface area contributed by atoms with E-state index in [-0.39, 0.29) is 0 Å². The van der Waals surface area contributed by atoms with E-state index in [0.29, 0.717) is 5.41 Å². The molecule has 82 valence electrons. The van der Waals surface area contributed by atoms with Crippen LogP contribution in [-0.2, 0) is 6.54 Å². The van der Waals surface area contributed by atoms with Gasteiger partial charge in [0.1, 0.15) is 0 Å². The lowest BCUT2D eigenvalue weighted by Crippen LogP contribution is -2.45. The smallest absolute Gasteiger partial charge is 0.0205 e. The minimum absolute atomic E-state index is 0.411. The SMILES string of the molecule is NCC1(CNCc2ccccc2)CCC1. The van der Waals surface area contributed by atoms with Gasteiger partial charge in [0.05, 0.1) is 0 Å². The van der Waals surface area contributed by atoms with Crippen molar-refractivity contribution in [3.8, 4) is 0 Å². The summed E-state index contributed by atoms with van der Waals surface area (Å²) < 4.78 is 0. The molecule has 1 fully saturated rings. The lowest BCUT2D eigenvalue weighted by atomic mass is 9.69. The molecule has 0 atom stereocenters. The van der Waals surface area contributed by atoms with E-state index in [2.05, 4.69) is 35.6 Å². The zero-order valence-electron chi connectivity index (χ0n) is 9.21. The van der Waals surface area contributed by atoms with Crippen molar-refractivity contribution in [2.45, 2.75) is 25.8 Å². The normalized spacial score (nSPS) is 18.5. The Hall–Kier alpha value is -0.860. The molecular formula is C13H20N2. The third-order valence-corrected chi connectivity index (χ3v) is 3.52. The number of nitrogens with two attached hydrogens (primary N) is 1. The zero-order valence-corrected chi connectivity index (χ0v) is 9.21. The van der Waals surface area contributed by atoms with Crippen molar-refractivity contribution in [3.63, 3.8) is 0 Å². The van der Waals surface area contributed by atoms with Crippen molar-refractivity contribution in [1.29, 1.82) is 0 Å². The summed E-state index contributed by atoms with van der Waals surface area (Å²) in [6, 6.07) is 10.5. The van der Waals surface area contributed by atoms with E-state index in [1.807, 2.05) is 0 Å². The molecule has 1 aromatic rings. The van der Waals surface area contributed by atoms with E-state index >= 15 is 0 Å². The second-order valence-electron chi connectivity index (χ2n) is 4.65. The molecule has 0 bridgehead atoms. The summed E-state index contributed by atoms with van der Waals surface area (Å²) in [5.74, 6) is 0. The van der Waals surface area contributed by atoms with Gasteiger partial charge in [-0.05, 0) is 30.4 Å². The number of hydrogen-bond acceptors (Lipinski definition) is 2. The molecule has 3 N–H and O–H groups in total. The van der Waals surface area contributed by atoms with Crippen LogP contribution in [0.4, 0.5) is 0 Å². The Balaban J connectivity index is 1.75. The largest absolute Gasteiger partial charge is 0.330 e. The van der Waals surface area contributed by atoms with Crippen LogP contribution in [0.1, 0.15) is 24.8 Å².